The molecule has 3 rings (SSSR count). The van der Waals surface area contributed by atoms with Gasteiger partial charge in [0.2, 0.25) is 0 Å². The first-order valence-electron chi connectivity index (χ1n) is 7.86. The van der Waals surface area contributed by atoms with E-state index in [1.54, 1.807) is 17.1 Å². The summed E-state index contributed by atoms with van der Waals surface area (Å²) in [5.41, 5.74) is 2.55. The molecule has 0 atom stereocenters. The maximum atomic E-state index is 12.4. The highest BCUT2D eigenvalue weighted by molar-refractivity contribution is 5.92. The smallest absolute Gasteiger partial charge is 0.274 e. The number of likely N-dealkylation sites (tertiary alicyclic amines) is 1. The van der Waals surface area contributed by atoms with E-state index in [1.807, 2.05) is 37.0 Å². The SMILES string of the molecule is Cc1nn(C)cc1CN(C)c1cncc(C(=O)N2CCCC2)n1. The lowest BCUT2D eigenvalue weighted by molar-refractivity contribution is 0.0786. The molecule has 7 heteroatoms. The summed E-state index contributed by atoms with van der Waals surface area (Å²) in [6.07, 6.45) is 7.37. The highest BCUT2D eigenvalue weighted by Crippen LogP contribution is 2.16. The molecule has 0 unspecified atom stereocenters. The van der Waals surface area contributed by atoms with Crippen molar-refractivity contribution >= 4 is 11.7 Å². The second-order valence-corrected chi connectivity index (χ2v) is 6.03. The van der Waals surface area contributed by atoms with E-state index in [-0.39, 0.29) is 5.91 Å². The fourth-order valence-electron chi connectivity index (χ4n) is 2.87. The molecule has 1 amide bonds. The number of hydrogen-bond acceptors (Lipinski definition) is 5. The lowest BCUT2D eigenvalue weighted by Crippen LogP contribution is -2.29. The van der Waals surface area contributed by atoms with Crippen molar-refractivity contribution in [1.82, 2.24) is 24.6 Å². The second kappa shape index (κ2) is 6.36. The van der Waals surface area contributed by atoms with Crippen LogP contribution in [0.5, 0.6) is 0 Å². The van der Waals surface area contributed by atoms with Gasteiger partial charge in [-0.2, -0.15) is 5.10 Å². The Balaban J connectivity index is 1.76. The Morgan fingerprint density at radius 1 is 1.30 bits per heavy atom. The average molecular weight is 314 g/mol. The van der Waals surface area contributed by atoms with Crippen LogP contribution < -0.4 is 4.90 Å². The number of hydrogen-bond donors (Lipinski definition) is 0. The number of carbonyl (C=O) groups is 1. The monoisotopic (exact) mass is 314 g/mol. The van der Waals surface area contributed by atoms with Gasteiger partial charge >= 0.3 is 0 Å². The van der Waals surface area contributed by atoms with Crippen molar-refractivity contribution in [2.45, 2.75) is 26.3 Å². The maximum Gasteiger partial charge on any atom is 0.274 e. The van der Waals surface area contributed by atoms with Gasteiger partial charge in [-0.15, -0.1) is 0 Å². The van der Waals surface area contributed by atoms with Crippen LogP contribution in [0.2, 0.25) is 0 Å². The highest BCUT2D eigenvalue weighted by atomic mass is 16.2. The maximum absolute atomic E-state index is 12.4. The van der Waals surface area contributed by atoms with Gasteiger partial charge in [0.05, 0.1) is 18.1 Å². The summed E-state index contributed by atoms with van der Waals surface area (Å²) in [5.74, 6) is 0.668. The predicted molar refractivity (Wildman–Crippen MR) is 87.2 cm³/mol. The van der Waals surface area contributed by atoms with Crippen molar-refractivity contribution in [3.8, 4) is 0 Å². The second-order valence-electron chi connectivity index (χ2n) is 6.03. The van der Waals surface area contributed by atoms with E-state index in [9.17, 15) is 4.79 Å². The molecule has 7 nitrogen and oxygen atoms in total. The van der Waals surface area contributed by atoms with Crippen LogP contribution in [-0.2, 0) is 13.6 Å². The first-order chi connectivity index (χ1) is 11.0. The molecule has 23 heavy (non-hydrogen) atoms. The van der Waals surface area contributed by atoms with Gasteiger partial charge in [-0.1, -0.05) is 0 Å². The Hall–Kier alpha value is -2.44. The van der Waals surface area contributed by atoms with Gasteiger partial charge < -0.3 is 9.80 Å². The van der Waals surface area contributed by atoms with Gasteiger partial charge in [0.25, 0.3) is 5.91 Å². The molecule has 0 aromatic carbocycles. The van der Waals surface area contributed by atoms with Crippen LogP contribution in [0.15, 0.2) is 18.6 Å². The van der Waals surface area contributed by atoms with Crippen LogP contribution >= 0.6 is 0 Å². The molecular weight excluding hydrogens is 292 g/mol. The molecule has 1 fully saturated rings. The first kappa shape index (κ1) is 15.5. The predicted octanol–water partition coefficient (Wildman–Crippen LogP) is 1.39. The molecule has 122 valence electrons. The summed E-state index contributed by atoms with van der Waals surface area (Å²) in [6.45, 7) is 4.29. The van der Waals surface area contributed by atoms with Gasteiger partial charge in [-0.25, -0.2) is 4.98 Å². The summed E-state index contributed by atoms with van der Waals surface area (Å²) in [4.78, 5) is 24.9. The average Bonchev–Trinajstić information content (AvgIpc) is 3.17. The van der Waals surface area contributed by atoms with Crippen LogP contribution in [0.25, 0.3) is 0 Å². The minimum atomic E-state index is -0.0252. The Morgan fingerprint density at radius 2 is 2.04 bits per heavy atom. The third-order valence-corrected chi connectivity index (χ3v) is 4.15. The molecule has 0 bridgehead atoms. The van der Waals surface area contributed by atoms with E-state index < -0.39 is 0 Å². The Kier molecular flexibility index (Phi) is 4.27. The number of anilines is 1. The third kappa shape index (κ3) is 3.33. The van der Waals surface area contributed by atoms with Gasteiger partial charge in [0.1, 0.15) is 11.5 Å². The van der Waals surface area contributed by atoms with E-state index in [4.69, 9.17) is 0 Å². The van der Waals surface area contributed by atoms with Crippen LogP contribution in [0.4, 0.5) is 5.82 Å². The normalized spacial score (nSPS) is 14.3. The molecule has 0 radical (unpaired) electrons. The van der Waals surface area contributed by atoms with E-state index in [2.05, 4.69) is 15.1 Å². The number of rotatable bonds is 4. The number of nitrogens with zero attached hydrogens (tertiary/aromatic N) is 6. The number of carbonyl (C=O) groups excluding carboxylic acids is 1. The zero-order valence-electron chi connectivity index (χ0n) is 13.9. The largest absolute Gasteiger partial charge is 0.354 e. The molecule has 1 aliphatic heterocycles. The third-order valence-electron chi connectivity index (χ3n) is 4.15. The molecule has 0 aliphatic carbocycles. The van der Waals surface area contributed by atoms with E-state index in [0.717, 1.165) is 37.2 Å². The molecule has 0 spiro atoms. The molecule has 2 aromatic heterocycles. The van der Waals surface area contributed by atoms with Crippen molar-refractivity contribution < 1.29 is 4.79 Å². The fraction of sp³-hybridized carbons (Fsp3) is 0.500. The van der Waals surface area contributed by atoms with E-state index >= 15 is 0 Å². The minimum absolute atomic E-state index is 0.0252. The van der Waals surface area contributed by atoms with Gasteiger partial charge in [-0.3, -0.25) is 14.5 Å². The molecule has 1 saturated heterocycles. The molecule has 3 heterocycles. The number of amides is 1. The standard InChI is InChI=1S/C16H22N6O/c1-12-13(11-21(3)19-12)10-20(2)15-9-17-8-14(18-15)16(23)22-6-4-5-7-22/h8-9,11H,4-7,10H2,1-3H3. The summed E-state index contributed by atoms with van der Waals surface area (Å²) in [5, 5.41) is 4.35. The first-order valence-corrected chi connectivity index (χ1v) is 7.86. The van der Waals surface area contributed by atoms with Crippen molar-refractivity contribution in [2.75, 3.05) is 25.0 Å². The van der Waals surface area contributed by atoms with Crippen molar-refractivity contribution in [2.24, 2.45) is 7.05 Å². The van der Waals surface area contributed by atoms with Crippen LogP contribution in [0, 0.1) is 6.92 Å². The van der Waals surface area contributed by atoms with Crippen LogP contribution in [-0.4, -0.2) is 50.7 Å². The Morgan fingerprint density at radius 3 is 2.70 bits per heavy atom. The topological polar surface area (TPSA) is 67.2 Å². The van der Waals surface area contributed by atoms with Crippen LogP contribution in [0.1, 0.15) is 34.6 Å². The van der Waals surface area contributed by atoms with Gasteiger partial charge in [-0.05, 0) is 19.8 Å². The fourth-order valence-corrected chi connectivity index (χ4v) is 2.87. The highest BCUT2D eigenvalue weighted by Gasteiger charge is 2.21. The van der Waals surface area contributed by atoms with E-state index in [1.165, 1.54) is 0 Å². The molecule has 0 saturated carbocycles. The molecule has 1 aliphatic rings. The number of aryl methyl sites for hydroxylation is 2. The van der Waals surface area contributed by atoms with Crippen LogP contribution in [0.3, 0.4) is 0 Å². The summed E-state index contributed by atoms with van der Waals surface area (Å²) >= 11 is 0. The summed E-state index contributed by atoms with van der Waals surface area (Å²) in [6, 6.07) is 0. The Bertz CT molecular complexity index is 704. The zero-order chi connectivity index (χ0) is 16.4. The van der Waals surface area contributed by atoms with Gasteiger partial charge in [0.15, 0.2) is 0 Å². The minimum Gasteiger partial charge on any atom is -0.354 e. The Labute approximate surface area is 135 Å². The quantitative estimate of drug-likeness (QED) is 0.853. The number of aromatic nitrogens is 4. The lowest BCUT2D eigenvalue weighted by Gasteiger charge is -2.19. The van der Waals surface area contributed by atoms with Crippen molar-refractivity contribution in [3.63, 3.8) is 0 Å². The summed E-state index contributed by atoms with van der Waals surface area (Å²) < 4.78 is 1.80. The zero-order valence-corrected chi connectivity index (χ0v) is 13.9. The summed E-state index contributed by atoms with van der Waals surface area (Å²) in [7, 11) is 3.85. The lowest BCUT2D eigenvalue weighted by atomic mass is 10.2. The van der Waals surface area contributed by atoms with Gasteiger partial charge in [0, 0.05) is 45.5 Å². The van der Waals surface area contributed by atoms with Crippen molar-refractivity contribution in [3.05, 3.63) is 35.5 Å². The van der Waals surface area contributed by atoms with Crippen molar-refractivity contribution in [1.29, 1.82) is 0 Å². The molecular formula is C16H22N6O. The molecule has 0 N–H and O–H groups in total. The molecule has 2 aromatic rings. The van der Waals surface area contributed by atoms with E-state index in [0.29, 0.717) is 18.1 Å².